The van der Waals surface area contributed by atoms with Gasteiger partial charge in [0.2, 0.25) is 0 Å². The SMILES string of the molecule is COc1ccc(-c2nc3ccccc3n2Cc2ccc(-c3ccccc3C(=O)OC(C)(C)C)cc2)cc1. The molecule has 0 atom stereocenters. The van der Waals surface area contributed by atoms with Crippen LogP contribution < -0.4 is 4.74 Å². The number of carbonyl (C=O) groups is 1. The molecule has 0 aliphatic rings. The summed E-state index contributed by atoms with van der Waals surface area (Å²) in [6.07, 6.45) is 0. The molecule has 1 heterocycles. The van der Waals surface area contributed by atoms with E-state index in [9.17, 15) is 4.79 Å². The van der Waals surface area contributed by atoms with Gasteiger partial charge in [0.15, 0.2) is 0 Å². The zero-order valence-corrected chi connectivity index (χ0v) is 21.6. The lowest BCUT2D eigenvalue weighted by Gasteiger charge is -2.20. The standard InChI is InChI=1S/C32H30N2O3/c1-32(2,3)37-31(35)27-10-6-5-9-26(27)23-15-13-22(14-16-23)21-34-29-12-8-7-11-28(29)33-30(34)24-17-19-25(36-4)20-18-24/h5-20H,21H2,1-4H3. The molecule has 0 saturated heterocycles. The Balaban J connectivity index is 1.47. The largest absolute Gasteiger partial charge is 0.497 e. The molecule has 0 aliphatic heterocycles. The number of benzene rings is 4. The minimum absolute atomic E-state index is 0.318. The second-order valence-corrected chi connectivity index (χ2v) is 9.98. The number of methoxy groups -OCH3 is 1. The van der Waals surface area contributed by atoms with Gasteiger partial charge in [-0.15, -0.1) is 0 Å². The molecule has 186 valence electrons. The van der Waals surface area contributed by atoms with E-state index in [1.807, 2.05) is 87.5 Å². The second-order valence-electron chi connectivity index (χ2n) is 9.98. The predicted octanol–water partition coefficient (Wildman–Crippen LogP) is 7.38. The van der Waals surface area contributed by atoms with Crippen LogP contribution >= 0.6 is 0 Å². The van der Waals surface area contributed by atoms with Gasteiger partial charge in [0.05, 0.1) is 23.7 Å². The zero-order valence-electron chi connectivity index (χ0n) is 21.6. The molecule has 0 N–H and O–H groups in total. The van der Waals surface area contributed by atoms with E-state index in [4.69, 9.17) is 14.5 Å². The molecule has 0 fully saturated rings. The average molecular weight is 491 g/mol. The minimum Gasteiger partial charge on any atom is -0.497 e. The van der Waals surface area contributed by atoms with E-state index >= 15 is 0 Å². The molecule has 0 bridgehead atoms. The van der Waals surface area contributed by atoms with Gasteiger partial charge in [-0.25, -0.2) is 9.78 Å². The normalized spacial score (nSPS) is 11.5. The third kappa shape index (κ3) is 5.26. The quantitative estimate of drug-likeness (QED) is 0.233. The molecule has 0 aliphatic carbocycles. The highest BCUT2D eigenvalue weighted by Gasteiger charge is 2.21. The summed E-state index contributed by atoms with van der Waals surface area (Å²) in [5.74, 6) is 1.40. The number of hydrogen-bond acceptors (Lipinski definition) is 4. The van der Waals surface area contributed by atoms with Crippen molar-refractivity contribution in [3.05, 3.63) is 108 Å². The van der Waals surface area contributed by atoms with Crippen LogP contribution in [0.4, 0.5) is 0 Å². The highest BCUT2D eigenvalue weighted by Crippen LogP contribution is 2.29. The summed E-state index contributed by atoms with van der Waals surface area (Å²) in [5.41, 5.74) is 6.03. The Morgan fingerprint density at radius 3 is 2.16 bits per heavy atom. The third-order valence-electron chi connectivity index (χ3n) is 6.15. The molecular weight excluding hydrogens is 460 g/mol. The number of para-hydroxylation sites is 2. The van der Waals surface area contributed by atoms with E-state index in [1.165, 1.54) is 0 Å². The van der Waals surface area contributed by atoms with Crippen molar-refractivity contribution in [1.29, 1.82) is 0 Å². The second kappa shape index (κ2) is 9.94. The smallest absolute Gasteiger partial charge is 0.339 e. The van der Waals surface area contributed by atoms with Gasteiger partial charge >= 0.3 is 5.97 Å². The number of carbonyl (C=O) groups excluding carboxylic acids is 1. The lowest BCUT2D eigenvalue weighted by molar-refractivity contribution is 0.00704. The Morgan fingerprint density at radius 1 is 0.811 bits per heavy atom. The fourth-order valence-electron chi connectivity index (χ4n) is 4.41. The summed E-state index contributed by atoms with van der Waals surface area (Å²) in [6, 6.07) is 32.1. The van der Waals surface area contributed by atoms with Crippen LogP contribution in [0.3, 0.4) is 0 Å². The first-order chi connectivity index (χ1) is 17.8. The van der Waals surface area contributed by atoms with Crippen LogP contribution in [-0.2, 0) is 11.3 Å². The highest BCUT2D eigenvalue weighted by atomic mass is 16.6. The molecular formula is C32H30N2O3. The summed E-state index contributed by atoms with van der Waals surface area (Å²) >= 11 is 0. The molecule has 5 rings (SSSR count). The lowest BCUT2D eigenvalue weighted by atomic mass is 9.98. The van der Waals surface area contributed by atoms with Crippen molar-refractivity contribution in [3.8, 4) is 28.3 Å². The molecule has 0 saturated carbocycles. The maximum absolute atomic E-state index is 12.8. The van der Waals surface area contributed by atoms with Crippen LogP contribution in [0.25, 0.3) is 33.5 Å². The van der Waals surface area contributed by atoms with E-state index < -0.39 is 5.60 Å². The van der Waals surface area contributed by atoms with Gasteiger partial charge in [-0.2, -0.15) is 0 Å². The van der Waals surface area contributed by atoms with Gasteiger partial charge in [-0.05, 0) is 79.9 Å². The Labute approximate surface area is 217 Å². The number of fused-ring (bicyclic) bond motifs is 1. The number of rotatable bonds is 6. The Hall–Kier alpha value is -4.38. The van der Waals surface area contributed by atoms with Crippen molar-refractivity contribution in [2.75, 3.05) is 7.11 Å². The zero-order chi connectivity index (χ0) is 26.0. The summed E-state index contributed by atoms with van der Waals surface area (Å²) < 4.78 is 13.2. The van der Waals surface area contributed by atoms with Crippen molar-refractivity contribution in [3.63, 3.8) is 0 Å². The van der Waals surface area contributed by atoms with Crippen molar-refractivity contribution < 1.29 is 14.3 Å². The van der Waals surface area contributed by atoms with Gasteiger partial charge in [0.25, 0.3) is 0 Å². The maximum Gasteiger partial charge on any atom is 0.339 e. The predicted molar refractivity (Wildman–Crippen MR) is 148 cm³/mol. The molecule has 4 aromatic carbocycles. The minimum atomic E-state index is -0.552. The van der Waals surface area contributed by atoms with E-state index in [-0.39, 0.29) is 5.97 Å². The summed E-state index contributed by atoms with van der Waals surface area (Å²) in [6.45, 7) is 6.29. The Morgan fingerprint density at radius 2 is 1.46 bits per heavy atom. The topological polar surface area (TPSA) is 53.4 Å². The van der Waals surface area contributed by atoms with Crippen molar-refractivity contribution >= 4 is 17.0 Å². The molecule has 5 heteroatoms. The molecule has 5 nitrogen and oxygen atoms in total. The van der Waals surface area contributed by atoms with Crippen LogP contribution in [-0.4, -0.2) is 28.2 Å². The van der Waals surface area contributed by atoms with Crippen LogP contribution in [0.2, 0.25) is 0 Å². The molecule has 0 unspecified atom stereocenters. The lowest BCUT2D eigenvalue weighted by Crippen LogP contribution is -2.24. The molecule has 0 amide bonds. The fraction of sp³-hybridized carbons (Fsp3) is 0.188. The van der Waals surface area contributed by atoms with E-state index in [0.717, 1.165) is 44.9 Å². The van der Waals surface area contributed by atoms with Crippen LogP contribution in [0.1, 0.15) is 36.7 Å². The molecule has 0 spiro atoms. The van der Waals surface area contributed by atoms with Crippen molar-refractivity contribution in [2.45, 2.75) is 32.9 Å². The monoisotopic (exact) mass is 490 g/mol. The number of hydrogen-bond donors (Lipinski definition) is 0. The first-order valence-corrected chi connectivity index (χ1v) is 12.3. The summed E-state index contributed by atoms with van der Waals surface area (Å²) in [7, 11) is 1.67. The maximum atomic E-state index is 12.8. The Kier molecular flexibility index (Phi) is 6.53. The van der Waals surface area contributed by atoms with Crippen molar-refractivity contribution in [1.82, 2.24) is 9.55 Å². The van der Waals surface area contributed by atoms with E-state index in [0.29, 0.717) is 12.1 Å². The van der Waals surface area contributed by atoms with Crippen molar-refractivity contribution in [2.24, 2.45) is 0 Å². The summed E-state index contributed by atoms with van der Waals surface area (Å²) in [5, 5.41) is 0. The first kappa shape index (κ1) is 24.3. The number of aromatic nitrogens is 2. The van der Waals surface area contributed by atoms with Gasteiger partial charge in [-0.3, -0.25) is 0 Å². The van der Waals surface area contributed by atoms with E-state index in [1.54, 1.807) is 7.11 Å². The number of nitrogens with zero attached hydrogens (tertiary/aromatic N) is 2. The molecule has 5 aromatic rings. The fourth-order valence-corrected chi connectivity index (χ4v) is 4.41. The molecule has 0 radical (unpaired) electrons. The molecule has 37 heavy (non-hydrogen) atoms. The third-order valence-corrected chi connectivity index (χ3v) is 6.15. The summed E-state index contributed by atoms with van der Waals surface area (Å²) in [4.78, 5) is 17.8. The average Bonchev–Trinajstić information content (AvgIpc) is 3.26. The highest BCUT2D eigenvalue weighted by molar-refractivity contribution is 5.97. The van der Waals surface area contributed by atoms with Gasteiger partial charge in [0, 0.05) is 12.1 Å². The van der Waals surface area contributed by atoms with E-state index in [2.05, 4.69) is 34.9 Å². The first-order valence-electron chi connectivity index (χ1n) is 12.3. The van der Waals surface area contributed by atoms with Crippen LogP contribution in [0, 0.1) is 0 Å². The van der Waals surface area contributed by atoms with Gasteiger partial charge < -0.3 is 14.0 Å². The number of ether oxygens (including phenoxy) is 2. The number of esters is 1. The van der Waals surface area contributed by atoms with Crippen LogP contribution in [0.15, 0.2) is 97.1 Å². The number of imidazole rings is 1. The van der Waals surface area contributed by atoms with Gasteiger partial charge in [-0.1, -0.05) is 54.6 Å². The Bertz CT molecular complexity index is 1540. The molecule has 1 aromatic heterocycles. The van der Waals surface area contributed by atoms with Gasteiger partial charge in [0.1, 0.15) is 17.2 Å². The van der Waals surface area contributed by atoms with Crippen LogP contribution in [0.5, 0.6) is 5.75 Å².